The van der Waals surface area contributed by atoms with E-state index >= 15 is 0 Å². The van der Waals surface area contributed by atoms with Crippen molar-refractivity contribution in [2.75, 3.05) is 0 Å². The molecule has 1 aliphatic carbocycles. The van der Waals surface area contributed by atoms with Crippen molar-refractivity contribution >= 4 is 0 Å². The molecule has 12 bridgehead atoms. The van der Waals surface area contributed by atoms with Crippen LogP contribution < -0.4 is 0 Å². The molecule has 6 N–H and O–H groups in total. The summed E-state index contributed by atoms with van der Waals surface area (Å²) in [6.07, 6.45) is 82.5. The fourth-order valence-corrected chi connectivity index (χ4v) is 19.6. The molecular formula is C114H180O6. The number of phenols is 6. The van der Waals surface area contributed by atoms with Crippen LogP contribution in [0, 0.1) is 0 Å². The van der Waals surface area contributed by atoms with Crippen molar-refractivity contribution in [1.82, 2.24) is 0 Å². The minimum absolute atomic E-state index is 0.223. The number of unbranched alkanes of at least 4 members (excludes halogenated alkanes) is 54. The summed E-state index contributed by atoms with van der Waals surface area (Å²) in [6.45, 7) is 13.8. The lowest BCUT2D eigenvalue weighted by molar-refractivity contribution is 0.450. The molecule has 0 saturated carbocycles. The molecule has 120 heavy (non-hydrogen) atoms. The largest absolute Gasteiger partial charge is 0.507 e. The summed E-state index contributed by atoms with van der Waals surface area (Å²) in [5, 5.41) is 79.2. The van der Waals surface area contributed by atoms with E-state index in [1.165, 1.54) is 342 Å². The van der Waals surface area contributed by atoms with E-state index in [-0.39, 0.29) is 34.5 Å². The van der Waals surface area contributed by atoms with Gasteiger partial charge in [-0.25, -0.2) is 0 Å². The van der Waals surface area contributed by atoms with Crippen molar-refractivity contribution in [2.24, 2.45) is 0 Å². The summed E-state index contributed by atoms with van der Waals surface area (Å²) in [7, 11) is 0. The lowest BCUT2D eigenvalue weighted by Crippen LogP contribution is -2.05. The van der Waals surface area contributed by atoms with Gasteiger partial charge in [-0.1, -0.05) is 461 Å². The zero-order valence-corrected chi connectivity index (χ0v) is 78.5. The number of rotatable bonds is 66. The van der Waals surface area contributed by atoms with Gasteiger partial charge in [0.2, 0.25) is 0 Å². The van der Waals surface area contributed by atoms with Gasteiger partial charge in [-0.3, -0.25) is 0 Å². The van der Waals surface area contributed by atoms with Crippen molar-refractivity contribution in [3.05, 3.63) is 173 Å². The average Bonchev–Trinajstić information content (AvgIpc) is 0.787. The zero-order chi connectivity index (χ0) is 85.3. The van der Waals surface area contributed by atoms with Crippen molar-refractivity contribution in [3.63, 3.8) is 0 Å². The lowest BCUT2D eigenvalue weighted by Gasteiger charge is -2.20. The van der Waals surface area contributed by atoms with Crippen molar-refractivity contribution in [2.45, 2.75) is 504 Å². The highest BCUT2D eigenvalue weighted by Crippen LogP contribution is 2.43. The molecule has 6 aromatic carbocycles. The fraction of sp³-hybridized carbons (Fsp3) is 0.684. The lowest BCUT2D eigenvalue weighted by atomic mass is 9.87. The summed E-state index contributed by atoms with van der Waals surface area (Å²) >= 11 is 0. The summed E-state index contributed by atoms with van der Waals surface area (Å²) in [5.74, 6) is 1.34. The van der Waals surface area contributed by atoms with Crippen molar-refractivity contribution < 1.29 is 30.6 Å². The summed E-state index contributed by atoms with van der Waals surface area (Å²) in [4.78, 5) is 0. The molecule has 0 unspecified atom stereocenters. The van der Waals surface area contributed by atoms with E-state index in [2.05, 4.69) is 114 Å². The Morgan fingerprint density at radius 2 is 0.217 bits per heavy atom. The van der Waals surface area contributed by atoms with Crippen LogP contribution in [0.1, 0.15) is 527 Å². The van der Waals surface area contributed by atoms with Gasteiger partial charge < -0.3 is 30.6 Å². The highest BCUT2D eigenvalue weighted by molar-refractivity contribution is 5.59. The Hall–Kier alpha value is -5.88. The minimum atomic E-state index is 0.223. The van der Waals surface area contributed by atoms with E-state index in [9.17, 15) is 30.6 Å². The molecule has 1 aliphatic rings. The second-order valence-corrected chi connectivity index (χ2v) is 38.2. The molecule has 0 radical (unpaired) electrons. The topological polar surface area (TPSA) is 121 Å². The van der Waals surface area contributed by atoms with E-state index in [1.807, 2.05) is 0 Å². The Morgan fingerprint density at radius 3 is 0.308 bits per heavy atom. The van der Waals surface area contributed by atoms with E-state index < -0.39 is 0 Å². The smallest absolute Gasteiger partial charge is 0.122 e. The van der Waals surface area contributed by atoms with Crippen LogP contribution in [0.4, 0.5) is 0 Å². The standard InChI is InChI=1S/C114H180O6/c1-7-13-19-25-31-37-43-49-55-61-67-91-73-97-85-99-75-92(68-62-56-50-44-38-32-26-20-14-8-2)77-101(110(99)116)87-103-79-94(70-64-58-52-46-40-34-28-22-16-10-4)81-105(112(103)118)89-107-83-96(72-66-60-54-48-42-36-30-24-18-12-6)84-108(114(107)120)90-106-82-95(71-65-59-53-47-41-35-29-23-17-11-5)80-104(113(106)119)88-102-78-93(69-63-57-51-45-39-33-27-21-15-9-3)76-100(111(102)117)86-98(74-91)109(97)115/h73-84,115-120H,7-72,85-90H2,1-6H3. The Kier molecular flexibility index (Phi) is 53.2. The molecule has 672 valence electrons. The van der Waals surface area contributed by atoms with Gasteiger partial charge in [-0.05, 0) is 177 Å². The van der Waals surface area contributed by atoms with E-state index in [0.717, 1.165) is 182 Å². The highest BCUT2D eigenvalue weighted by atomic mass is 16.3. The van der Waals surface area contributed by atoms with Crippen LogP contribution in [0.3, 0.4) is 0 Å². The van der Waals surface area contributed by atoms with Crippen LogP contribution in [-0.4, -0.2) is 30.6 Å². The normalized spacial score (nSPS) is 12.4. The van der Waals surface area contributed by atoms with Gasteiger partial charge in [0.15, 0.2) is 0 Å². The van der Waals surface area contributed by atoms with Gasteiger partial charge in [0, 0.05) is 38.5 Å². The molecule has 7 rings (SSSR count). The number of aromatic hydroxyl groups is 6. The van der Waals surface area contributed by atoms with Gasteiger partial charge in [0.25, 0.3) is 0 Å². The van der Waals surface area contributed by atoms with Gasteiger partial charge >= 0.3 is 0 Å². The van der Waals surface area contributed by atoms with Crippen LogP contribution in [0.5, 0.6) is 34.5 Å². The van der Waals surface area contributed by atoms with Gasteiger partial charge in [-0.15, -0.1) is 0 Å². The minimum Gasteiger partial charge on any atom is -0.507 e. The Balaban J connectivity index is 1.38. The Morgan fingerprint density at radius 1 is 0.133 bits per heavy atom. The average molecular weight is 1650 g/mol. The molecule has 6 nitrogen and oxygen atoms in total. The summed E-state index contributed by atoms with van der Waals surface area (Å²) in [6, 6.07) is 26.7. The molecule has 0 heterocycles. The van der Waals surface area contributed by atoms with E-state index in [4.69, 9.17) is 0 Å². The van der Waals surface area contributed by atoms with Gasteiger partial charge in [0.05, 0.1) is 0 Å². The molecule has 6 heteroatoms. The van der Waals surface area contributed by atoms with Gasteiger partial charge in [-0.2, -0.15) is 0 Å². The monoisotopic (exact) mass is 1650 g/mol. The van der Waals surface area contributed by atoms with Crippen molar-refractivity contribution in [1.29, 1.82) is 0 Å². The third kappa shape index (κ3) is 40.0. The predicted molar refractivity (Wildman–Crippen MR) is 519 cm³/mol. The van der Waals surface area contributed by atoms with E-state index in [0.29, 0.717) is 38.5 Å². The maximum atomic E-state index is 13.2. The maximum absolute atomic E-state index is 13.2. The van der Waals surface area contributed by atoms with Gasteiger partial charge in [0.1, 0.15) is 34.5 Å². The Labute approximate surface area is 737 Å². The summed E-state index contributed by atoms with van der Waals surface area (Å²) in [5.41, 5.74) is 16.5. The SMILES string of the molecule is CCCCCCCCCCCCc1cc2c(O)c(c1)Cc1cc(CCCCCCCCCCCC)cc(c1O)Cc1cc(CCCCCCCCCCCC)cc(c1O)Cc1cc(CCCCCCCCCCCC)cc(c1O)Cc1cc(CCCCCCCCCCCC)cc(c1O)Cc1cc(CCCCCCCCCCCC)cc(c1O)C2. The van der Waals surface area contributed by atoms with Crippen LogP contribution >= 0.6 is 0 Å². The molecule has 0 spiro atoms. The molecule has 0 aliphatic heterocycles. The number of phenolic OH excluding ortho intramolecular Hbond substituents is 6. The molecule has 0 fully saturated rings. The first-order valence-corrected chi connectivity index (χ1v) is 51.9. The number of benzene rings is 6. The number of aryl methyl sites for hydroxylation is 6. The first kappa shape index (κ1) is 101. The third-order valence-corrected chi connectivity index (χ3v) is 27.2. The number of fused-ring (bicyclic) bond motifs is 12. The third-order valence-electron chi connectivity index (χ3n) is 27.2. The van der Waals surface area contributed by atoms with Crippen LogP contribution in [0.2, 0.25) is 0 Å². The Bertz CT molecular complexity index is 2930. The molecule has 0 aromatic heterocycles. The molecule has 6 aromatic rings. The quantitative estimate of drug-likeness (QED) is 0.0211. The molecular weight excluding hydrogens is 1470 g/mol. The highest BCUT2D eigenvalue weighted by Gasteiger charge is 2.25. The second-order valence-electron chi connectivity index (χ2n) is 38.2. The first-order chi connectivity index (χ1) is 58.9. The number of hydrogen-bond acceptors (Lipinski definition) is 6. The maximum Gasteiger partial charge on any atom is 0.122 e. The zero-order valence-electron chi connectivity index (χ0n) is 78.5. The molecule has 0 atom stereocenters. The van der Waals surface area contributed by atoms with E-state index in [1.54, 1.807) is 0 Å². The summed E-state index contributed by atoms with van der Waals surface area (Å²) < 4.78 is 0. The predicted octanol–water partition coefficient (Wildman–Crippen LogP) is 34.6. The molecule has 0 saturated heterocycles. The molecule has 0 amide bonds. The van der Waals surface area contributed by atoms with Crippen LogP contribution in [0.15, 0.2) is 72.8 Å². The van der Waals surface area contributed by atoms with Crippen LogP contribution in [-0.2, 0) is 77.0 Å². The van der Waals surface area contributed by atoms with Crippen LogP contribution in [0.25, 0.3) is 0 Å². The van der Waals surface area contributed by atoms with Crippen molar-refractivity contribution in [3.8, 4) is 34.5 Å². The fourth-order valence-electron chi connectivity index (χ4n) is 19.6. The first-order valence-electron chi connectivity index (χ1n) is 51.9. The number of hydrogen-bond donors (Lipinski definition) is 6. The second kappa shape index (κ2) is 63.1.